The standard InChI is InChI=1S/C17H15FN6O2/c18-12-2-4-13(5-3-12)21-14(25)10-24-8-11(9-24)17-22-16(23-26-17)15-19-6-1-7-20-15/h1-7,11H,8-10H2,(H,21,25). The normalized spacial score (nSPS) is 14.8. The molecule has 1 fully saturated rings. The fourth-order valence-corrected chi connectivity index (χ4v) is 2.70. The van der Waals surface area contributed by atoms with Gasteiger partial charge in [0.2, 0.25) is 23.4 Å². The molecule has 1 aromatic carbocycles. The molecule has 4 rings (SSSR count). The molecule has 0 spiro atoms. The summed E-state index contributed by atoms with van der Waals surface area (Å²) in [5.41, 5.74) is 0.567. The van der Waals surface area contributed by atoms with E-state index in [1.54, 1.807) is 18.5 Å². The molecule has 0 unspecified atom stereocenters. The van der Waals surface area contributed by atoms with Crippen molar-refractivity contribution in [3.8, 4) is 11.6 Å². The number of likely N-dealkylation sites (tertiary alicyclic amines) is 1. The summed E-state index contributed by atoms with van der Waals surface area (Å²) < 4.78 is 18.1. The van der Waals surface area contributed by atoms with Crippen molar-refractivity contribution in [2.45, 2.75) is 5.92 Å². The first-order valence-electron chi connectivity index (χ1n) is 8.06. The molecule has 1 N–H and O–H groups in total. The minimum Gasteiger partial charge on any atom is -0.338 e. The topological polar surface area (TPSA) is 97.0 Å². The Balaban J connectivity index is 1.28. The van der Waals surface area contributed by atoms with Crippen LogP contribution in [0.4, 0.5) is 10.1 Å². The van der Waals surface area contributed by atoms with Crippen LogP contribution in [0.15, 0.2) is 47.2 Å². The van der Waals surface area contributed by atoms with Crippen LogP contribution >= 0.6 is 0 Å². The third kappa shape index (κ3) is 3.57. The Morgan fingerprint density at radius 2 is 1.92 bits per heavy atom. The van der Waals surface area contributed by atoms with E-state index in [2.05, 4.69) is 25.4 Å². The van der Waals surface area contributed by atoms with E-state index in [4.69, 9.17) is 4.52 Å². The number of nitrogens with one attached hydrogen (secondary N) is 1. The first-order chi connectivity index (χ1) is 12.7. The van der Waals surface area contributed by atoms with Crippen LogP contribution in [0.5, 0.6) is 0 Å². The second kappa shape index (κ2) is 6.96. The van der Waals surface area contributed by atoms with Crippen LogP contribution in [0.1, 0.15) is 11.8 Å². The maximum Gasteiger partial charge on any atom is 0.240 e. The Kier molecular flexibility index (Phi) is 4.36. The van der Waals surface area contributed by atoms with E-state index in [9.17, 15) is 9.18 Å². The van der Waals surface area contributed by atoms with Gasteiger partial charge in [0.15, 0.2) is 0 Å². The molecule has 0 saturated carbocycles. The number of nitrogens with zero attached hydrogens (tertiary/aromatic N) is 5. The van der Waals surface area contributed by atoms with E-state index >= 15 is 0 Å². The Bertz CT molecular complexity index is 893. The van der Waals surface area contributed by atoms with Gasteiger partial charge in [-0.15, -0.1) is 0 Å². The lowest BCUT2D eigenvalue weighted by Gasteiger charge is -2.36. The highest BCUT2D eigenvalue weighted by Crippen LogP contribution is 2.26. The summed E-state index contributed by atoms with van der Waals surface area (Å²) in [6, 6.07) is 7.37. The molecule has 0 radical (unpaired) electrons. The first kappa shape index (κ1) is 16.3. The Morgan fingerprint density at radius 3 is 2.65 bits per heavy atom. The van der Waals surface area contributed by atoms with Gasteiger partial charge >= 0.3 is 0 Å². The number of anilines is 1. The summed E-state index contributed by atoms with van der Waals surface area (Å²) in [6.45, 7) is 1.54. The van der Waals surface area contributed by atoms with E-state index in [0.29, 0.717) is 36.3 Å². The molecule has 3 aromatic rings. The monoisotopic (exact) mass is 354 g/mol. The van der Waals surface area contributed by atoms with Crippen LogP contribution in [-0.2, 0) is 4.79 Å². The predicted octanol–water partition coefficient (Wildman–Crippen LogP) is 1.70. The predicted molar refractivity (Wildman–Crippen MR) is 89.5 cm³/mol. The summed E-state index contributed by atoms with van der Waals surface area (Å²) in [7, 11) is 0. The summed E-state index contributed by atoms with van der Waals surface area (Å²) in [4.78, 5) is 26.5. The third-order valence-corrected chi connectivity index (χ3v) is 4.01. The number of halogens is 1. The highest BCUT2D eigenvalue weighted by Gasteiger charge is 2.33. The smallest absolute Gasteiger partial charge is 0.240 e. The summed E-state index contributed by atoms with van der Waals surface area (Å²) in [5.74, 6) is 0.874. The van der Waals surface area contributed by atoms with E-state index in [0.717, 1.165) is 0 Å². The average molecular weight is 354 g/mol. The zero-order valence-electron chi connectivity index (χ0n) is 13.7. The molecule has 1 aliphatic heterocycles. The van der Waals surface area contributed by atoms with Gasteiger partial charge in [-0.25, -0.2) is 14.4 Å². The summed E-state index contributed by atoms with van der Waals surface area (Å²) in [5, 5.41) is 6.63. The van der Waals surface area contributed by atoms with Crippen LogP contribution in [0.25, 0.3) is 11.6 Å². The SMILES string of the molecule is O=C(CN1CC(c2nc(-c3ncccn3)no2)C1)Nc1ccc(F)cc1. The zero-order valence-corrected chi connectivity index (χ0v) is 13.7. The molecule has 3 heterocycles. The number of hydrogen-bond donors (Lipinski definition) is 1. The number of rotatable bonds is 5. The van der Waals surface area contributed by atoms with E-state index < -0.39 is 0 Å². The van der Waals surface area contributed by atoms with Crippen molar-refractivity contribution in [1.82, 2.24) is 25.0 Å². The van der Waals surface area contributed by atoms with E-state index in [1.807, 2.05) is 4.90 Å². The quantitative estimate of drug-likeness (QED) is 0.745. The van der Waals surface area contributed by atoms with Crippen molar-refractivity contribution < 1.29 is 13.7 Å². The number of hydrogen-bond acceptors (Lipinski definition) is 7. The number of carbonyl (C=O) groups is 1. The highest BCUT2D eigenvalue weighted by molar-refractivity contribution is 5.92. The Hall–Kier alpha value is -3.20. The van der Waals surface area contributed by atoms with Crippen LogP contribution in [0, 0.1) is 5.82 Å². The van der Waals surface area contributed by atoms with E-state index in [1.165, 1.54) is 24.3 Å². The van der Waals surface area contributed by atoms with Gasteiger partial charge in [0.25, 0.3) is 0 Å². The fraction of sp³-hybridized carbons (Fsp3) is 0.235. The maximum absolute atomic E-state index is 12.9. The molecule has 132 valence electrons. The molecular formula is C17H15FN6O2. The number of amides is 1. The van der Waals surface area contributed by atoms with Crippen molar-refractivity contribution >= 4 is 11.6 Å². The molecule has 1 aliphatic rings. The molecule has 2 aromatic heterocycles. The molecular weight excluding hydrogens is 339 g/mol. The van der Waals surface area contributed by atoms with E-state index in [-0.39, 0.29) is 24.2 Å². The second-order valence-corrected chi connectivity index (χ2v) is 5.97. The van der Waals surface area contributed by atoms with Gasteiger partial charge in [-0.05, 0) is 30.3 Å². The van der Waals surface area contributed by atoms with Crippen molar-refractivity contribution in [3.63, 3.8) is 0 Å². The van der Waals surface area contributed by atoms with Crippen LogP contribution in [0.3, 0.4) is 0 Å². The van der Waals surface area contributed by atoms with Gasteiger partial charge in [0.1, 0.15) is 5.82 Å². The second-order valence-electron chi connectivity index (χ2n) is 5.97. The summed E-state index contributed by atoms with van der Waals surface area (Å²) in [6.07, 6.45) is 3.23. The first-order valence-corrected chi connectivity index (χ1v) is 8.06. The lowest BCUT2D eigenvalue weighted by Crippen LogP contribution is -2.48. The third-order valence-electron chi connectivity index (χ3n) is 4.01. The Labute approximate surface area is 148 Å². The van der Waals surface area contributed by atoms with Crippen molar-refractivity contribution in [3.05, 3.63) is 54.4 Å². The van der Waals surface area contributed by atoms with Crippen molar-refractivity contribution in [2.24, 2.45) is 0 Å². The molecule has 0 atom stereocenters. The molecule has 1 saturated heterocycles. The van der Waals surface area contributed by atoms with Crippen LogP contribution in [0.2, 0.25) is 0 Å². The van der Waals surface area contributed by atoms with Crippen molar-refractivity contribution in [1.29, 1.82) is 0 Å². The van der Waals surface area contributed by atoms with Gasteiger partial charge in [0, 0.05) is 31.2 Å². The van der Waals surface area contributed by atoms with Crippen LogP contribution in [-0.4, -0.2) is 50.5 Å². The van der Waals surface area contributed by atoms with Crippen LogP contribution < -0.4 is 5.32 Å². The van der Waals surface area contributed by atoms with Gasteiger partial charge in [-0.1, -0.05) is 5.16 Å². The molecule has 1 amide bonds. The maximum atomic E-state index is 12.9. The highest BCUT2D eigenvalue weighted by atomic mass is 19.1. The minimum absolute atomic E-state index is 0.0820. The lowest BCUT2D eigenvalue weighted by molar-refractivity contribution is -0.118. The largest absolute Gasteiger partial charge is 0.338 e. The Morgan fingerprint density at radius 1 is 1.19 bits per heavy atom. The fourth-order valence-electron chi connectivity index (χ4n) is 2.70. The van der Waals surface area contributed by atoms with Gasteiger partial charge < -0.3 is 9.84 Å². The minimum atomic E-state index is -0.339. The molecule has 9 heteroatoms. The lowest BCUT2D eigenvalue weighted by atomic mass is 10.0. The van der Waals surface area contributed by atoms with Gasteiger partial charge in [-0.3, -0.25) is 9.69 Å². The van der Waals surface area contributed by atoms with Gasteiger partial charge in [0.05, 0.1) is 12.5 Å². The molecule has 26 heavy (non-hydrogen) atoms. The molecule has 0 bridgehead atoms. The summed E-state index contributed by atoms with van der Waals surface area (Å²) >= 11 is 0. The number of aromatic nitrogens is 4. The number of carbonyl (C=O) groups excluding carboxylic acids is 1. The molecule has 0 aliphatic carbocycles. The van der Waals surface area contributed by atoms with Gasteiger partial charge in [-0.2, -0.15) is 4.98 Å². The number of benzene rings is 1. The van der Waals surface area contributed by atoms with Crippen molar-refractivity contribution in [2.75, 3.05) is 25.0 Å². The zero-order chi connectivity index (χ0) is 17.9. The molecule has 8 nitrogen and oxygen atoms in total. The average Bonchev–Trinajstić information content (AvgIpc) is 3.10.